The third-order valence-corrected chi connectivity index (χ3v) is 6.55. The van der Waals surface area contributed by atoms with Crippen LogP contribution in [0.4, 0.5) is 5.82 Å². The summed E-state index contributed by atoms with van der Waals surface area (Å²) in [6.45, 7) is 3.49. The molecule has 0 bridgehead atoms. The maximum atomic E-state index is 11.1. The van der Waals surface area contributed by atoms with Crippen molar-refractivity contribution in [2.75, 3.05) is 18.8 Å². The molecule has 1 aliphatic heterocycles. The van der Waals surface area contributed by atoms with E-state index < -0.39 is 6.10 Å². The number of carbonyl (C=O) groups is 1. The number of amides is 1. The molecular formula is C25H25Cl2N3O2. The van der Waals surface area contributed by atoms with Gasteiger partial charge in [0, 0.05) is 40.5 Å². The van der Waals surface area contributed by atoms with Crippen LogP contribution in [0.3, 0.4) is 0 Å². The second-order valence-corrected chi connectivity index (χ2v) is 8.93. The highest BCUT2D eigenvalue weighted by atomic mass is 35.5. The summed E-state index contributed by atoms with van der Waals surface area (Å²) in [4.78, 5) is 17.3. The summed E-state index contributed by atoms with van der Waals surface area (Å²) in [5.74, 6) is 1.23. The molecule has 32 heavy (non-hydrogen) atoms. The van der Waals surface area contributed by atoms with Crippen LogP contribution in [-0.2, 0) is 11.2 Å². The predicted octanol–water partition coefficient (Wildman–Crippen LogP) is 5.80. The number of nitrogen functional groups attached to an aromatic ring is 1. The average molecular weight is 470 g/mol. The van der Waals surface area contributed by atoms with E-state index in [0.717, 1.165) is 43.5 Å². The van der Waals surface area contributed by atoms with Crippen molar-refractivity contribution in [1.82, 2.24) is 9.88 Å². The molecule has 0 spiro atoms. The molecule has 2 N–H and O–H groups in total. The lowest BCUT2D eigenvalue weighted by atomic mass is 9.92. The number of ether oxygens (including phenoxy) is 1. The number of rotatable bonds is 7. The number of halogens is 2. The Morgan fingerprint density at radius 1 is 1.22 bits per heavy atom. The van der Waals surface area contributed by atoms with E-state index in [1.807, 2.05) is 30.0 Å². The molecule has 1 aliphatic rings. The van der Waals surface area contributed by atoms with Gasteiger partial charge in [0.1, 0.15) is 6.10 Å². The van der Waals surface area contributed by atoms with Crippen molar-refractivity contribution in [3.05, 3.63) is 75.9 Å². The van der Waals surface area contributed by atoms with E-state index in [9.17, 15) is 4.79 Å². The summed E-state index contributed by atoms with van der Waals surface area (Å²) < 4.78 is 6.16. The molecule has 1 saturated heterocycles. The Kier molecular flexibility index (Phi) is 6.87. The van der Waals surface area contributed by atoms with Crippen LogP contribution in [0.15, 0.2) is 54.7 Å². The fourth-order valence-electron chi connectivity index (χ4n) is 4.26. The Hall–Kier alpha value is -2.76. The van der Waals surface area contributed by atoms with Gasteiger partial charge in [-0.05, 0) is 55.0 Å². The van der Waals surface area contributed by atoms with E-state index >= 15 is 0 Å². The van der Waals surface area contributed by atoms with Crippen molar-refractivity contribution in [2.24, 2.45) is 5.92 Å². The third-order valence-electron chi connectivity index (χ3n) is 5.90. The minimum absolute atomic E-state index is 0.304. The predicted molar refractivity (Wildman–Crippen MR) is 129 cm³/mol. The first-order valence-corrected chi connectivity index (χ1v) is 11.4. The van der Waals surface area contributed by atoms with E-state index in [0.29, 0.717) is 33.1 Å². The molecule has 2 heterocycles. The van der Waals surface area contributed by atoms with Gasteiger partial charge in [-0.25, -0.2) is 4.98 Å². The average Bonchev–Trinajstić information content (AvgIpc) is 3.23. The largest absolute Gasteiger partial charge is 0.482 e. The number of nitrogens with zero attached hydrogens (tertiary/aromatic N) is 2. The van der Waals surface area contributed by atoms with Crippen LogP contribution in [0, 0.1) is 5.92 Å². The van der Waals surface area contributed by atoms with Crippen LogP contribution in [-0.4, -0.2) is 29.4 Å². The first-order chi connectivity index (χ1) is 15.5. The molecule has 7 heteroatoms. The molecule has 166 valence electrons. The number of nitrogens with two attached hydrogens (primary N) is 1. The van der Waals surface area contributed by atoms with E-state index in [1.165, 1.54) is 5.56 Å². The zero-order valence-electron chi connectivity index (χ0n) is 17.8. The summed E-state index contributed by atoms with van der Waals surface area (Å²) in [6, 6.07) is 15.5. The Labute approximate surface area is 198 Å². The molecule has 1 amide bonds. The topological polar surface area (TPSA) is 68.5 Å². The molecule has 0 radical (unpaired) electrons. The molecule has 1 aromatic heterocycles. The summed E-state index contributed by atoms with van der Waals surface area (Å²) in [7, 11) is 0. The fourth-order valence-corrected chi connectivity index (χ4v) is 4.97. The maximum Gasteiger partial charge on any atom is 0.209 e. The van der Waals surface area contributed by atoms with Gasteiger partial charge in [-0.1, -0.05) is 53.5 Å². The Morgan fingerprint density at radius 3 is 2.69 bits per heavy atom. The SMILES string of the molecule is CC(Oc1cc(-c2ccccc2CC2CCN(C=O)C2)cnc1N)c1c(Cl)cccc1Cl. The monoisotopic (exact) mass is 469 g/mol. The van der Waals surface area contributed by atoms with Crippen molar-refractivity contribution in [1.29, 1.82) is 0 Å². The zero-order chi connectivity index (χ0) is 22.7. The van der Waals surface area contributed by atoms with Gasteiger partial charge in [0.15, 0.2) is 11.6 Å². The van der Waals surface area contributed by atoms with Gasteiger partial charge >= 0.3 is 0 Å². The van der Waals surface area contributed by atoms with Crippen LogP contribution in [0.1, 0.15) is 30.6 Å². The van der Waals surface area contributed by atoms with Crippen molar-refractivity contribution in [2.45, 2.75) is 25.9 Å². The van der Waals surface area contributed by atoms with Gasteiger partial charge < -0.3 is 15.4 Å². The van der Waals surface area contributed by atoms with Crippen LogP contribution in [0.5, 0.6) is 5.75 Å². The quantitative estimate of drug-likeness (QED) is 0.444. The van der Waals surface area contributed by atoms with E-state index in [2.05, 4.69) is 17.1 Å². The van der Waals surface area contributed by atoms with Gasteiger partial charge in [0.05, 0.1) is 0 Å². The molecule has 0 saturated carbocycles. The number of aromatic nitrogens is 1. The number of benzene rings is 2. The molecule has 2 aromatic carbocycles. The first-order valence-electron chi connectivity index (χ1n) is 10.6. The molecule has 1 fully saturated rings. The third kappa shape index (κ3) is 4.84. The smallest absolute Gasteiger partial charge is 0.209 e. The fraction of sp³-hybridized carbons (Fsp3) is 0.280. The van der Waals surface area contributed by atoms with Crippen LogP contribution in [0.25, 0.3) is 11.1 Å². The van der Waals surface area contributed by atoms with Crippen molar-refractivity contribution >= 4 is 35.4 Å². The van der Waals surface area contributed by atoms with Crippen molar-refractivity contribution in [3.8, 4) is 16.9 Å². The summed E-state index contributed by atoms with van der Waals surface area (Å²) in [5.41, 5.74) is 10.1. The lowest BCUT2D eigenvalue weighted by Gasteiger charge is -2.19. The second-order valence-electron chi connectivity index (χ2n) is 8.12. The molecule has 2 unspecified atom stereocenters. The number of anilines is 1. The highest BCUT2D eigenvalue weighted by molar-refractivity contribution is 6.36. The molecule has 3 aromatic rings. The standard InChI is InChI=1S/C25H25Cl2N3O2/c1-16(24-21(26)7-4-8-22(24)27)32-23-12-19(13-29-25(23)28)20-6-3-2-5-18(20)11-17-9-10-30(14-17)15-31/h2-8,12-13,15-17H,9-11,14H2,1H3,(H2,28,29). The maximum absolute atomic E-state index is 11.1. The first kappa shape index (κ1) is 22.4. The van der Waals surface area contributed by atoms with Gasteiger partial charge in [0.2, 0.25) is 6.41 Å². The van der Waals surface area contributed by atoms with E-state index in [-0.39, 0.29) is 0 Å². The Balaban J connectivity index is 1.60. The molecule has 5 nitrogen and oxygen atoms in total. The van der Waals surface area contributed by atoms with Gasteiger partial charge in [-0.3, -0.25) is 4.79 Å². The van der Waals surface area contributed by atoms with E-state index in [4.69, 9.17) is 33.7 Å². The molecule has 0 aliphatic carbocycles. The Morgan fingerprint density at radius 2 is 1.97 bits per heavy atom. The molecular weight excluding hydrogens is 445 g/mol. The molecule has 4 rings (SSSR count). The van der Waals surface area contributed by atoms with Gasteiger partial charge in [-0.15, -0.1) is 0 Å². The Bertz CT molecular complexity index is 1100. The van der Waals surface area contributed by atoms with Crippen LogP contribution >= 0.6 is 23.2 Å². The minimum atomic E-state index is -0.404. The second kappa shape index (κ2) is 9.80. The molecule has 2 atom stereocenters. The highest BCUT2D eigenvalue weighted by Gasteiger charge is 2.23. The zero-order valence-corrected chi connectivity index (χ0v) is 19.3. The minimum Gasteiger partial charge on any atom is -0.482 e. The van der Waals surface area contributed by atoms with Crippen molar-refractivity contribution < 1.29 is 9.53 Å². The van der Waals surface area contributed by atoms with Crippen LogP contribution in [0.2, 0.25) is 10.0 Å². The highest BCUT2D eigenvalue weighted by Crippen LogP contribution is 2.36. The van der Waals surface area contributed by atoms with Crippen molar-refractivity contribution in [3.63, 3.8) is 0 Å². The number of carbonyl (C=O) groups excluding carboxylic acids is 1. The normalized spacial score (nSPS) is 16.7. The lowest BCUT2D eigenvalue weighted by molar-refractivity contribution is -0.117. The number of hydrogen-bond acceptors (Lipinski definition) is 4. The summed E-state index contributed by atoms with van der Waals surface area (Å²) in [5, 5.41) is 1.08. The summed E-state index contributed by atoms with van der Waals surface area (Å²) >= 11 is 12.7. The van der Waals surface area contributed by atoms with E-state index in [1.54, 1.807) is 24.4 Å². The number of pyridine rings is 1. The lowest BCUT2D eigenvalue weighted by Crippen LogP contribution is -2.18. The number of likely N-dealkylation sites (tertiary alicyclic amines) is 1. The van der Waals surface area contributed by atoms with Gasteiger partial charge in [-0.2, -0.15) is 0 Å². The summed E-state index contributed by atoms with van der Waals surface area (Å²) in [6.07, 6.45) is 4.20. The van der Waals surface area contributed by atoms with Gasteiger partial charge in [0.25, 0.3) is 0 Å². The van der Waals surface area contributed by atoms with Crippen LogP contribution < -0.4 is 10.5 Å². The number of hydrogen-bond donors (Lipinski definition) is 1.